The van der Waals surface area contributed by atoms with Crippen LogP contribution >= 0.6 is 0 Å². The van der Waals surface area contributed by atoms with Gasteiger partial charge in [-0.05, 0) is 49.7 Å². The first-order valence-corrected chi connectivity index (χ1v) is 10.5. The normalized spacial score (nSPS) is 14.4. The summed E-state index contributed by atoms with van der Waals surface area (Å²) in [6.45, 7) is 7.97. The highest BCUT2D eigenvalue weighted by molar-refractivity contribution is 5.97. The maximum absolute atomic E-state index is 12.3. The van der Waals surface area contributed by atoms with Gasteiger partial charge in [0.15, 0.2) is 0 Å². The van der Waals surface area contributed by atoms with E-state index in [4.69, 9.17) is 0 Å². The van der Waals surface area contributed by atoms with Gasteiger partial charge in [-0.15, -0.1) is 0 Å². The number of hydrogen-bond donors (Lipinski definition) is 2. The van der Waals surface area contributed by atoms with E-state index in [9.17, 15) is 9.59 Å². The van der Waals surface area contributed by atoms with Crippen molar-refractivity contribution in [3.8, 4) is 0 Å². The van der Waals surface area contributed by atoms with Gasteiger partial charge in [0.2, 0.25) is 11.8 Å². The Balaban J connectivity index is 1.49. The number of nitrogens with one attached hydrogen (secondary N) is 2. The van der Waals surface area contributed by atoms with E-state index in [1.54, 1.807) is 6.20 Å². The lowest BCUT2D eigenvalue weighted by Gasteiger charge is -2.33. The van der Waals surface area contributed by atoms with Crippen LogP contribution < -0.4 is 15.5 Å². The van der Waals surface area contributed by atoms with Gasteiger partial charge in [-0.1, -0.05) is 19.1 Å². The van der Waals surface area contributed by atoms with Gasteiger partial charge in [-0.25, -0.2) is 4.98 Å². The first-order valence-electron chi connectivity index (χ1n) is 10.5. The molecule has 1 aliphatic heterocycles. The summed E-state index contributed by atoms with van der Waals surface area (Å²) in [6.07, 6.45) is 2.87. The van der Waals surface area contributed by atoms with Crippen LogP contribution in [0, 0.1) is 6.92 Å². The Labute approximate surface area is 178 Å². The van der Waals surface area contributed by atoms with Crippen molar-refractivity contribution in [3.63, 3.8) is 0 Å². The predicted octanol–water partition coefficient (Wildman–Crippen LogP) is 3.06. The van der Waals surface area contributed by atoms with E-state index in [1.807, 2.05) is 37.3 Å². The molecule has 2 heterocycles. The minimum absolute atomic E-state index is 0.124. The number of piperazine rings is 1. The summed E-state index contributed by atoms with van der Waals surface area (Å²) >= 11 is 0. The average molecular weight is 410 g/mol. The van der Waals surface area contributed by atoms with Crippen LogP contribution in [0.25, 0.3) is 0 Å². The molecule has 7 heteroatoms. The molecule has 160 valence electrons. The van der Waals surface area contributed by atoms with Gasteiger partial charge in [0.05, 0.1) is 11.9 Å². The van der Waals surface area contributed by atoms with Gasteiger partial charge < -0.3 is 20.4 Å². The number of hydrogen-bond acceptors (Lipinski definition) is 5. The molecule has 2 N–H and O–H groups in total. The second kappa shape index (κ2) is 10.2. The highest BCUT2D eigenvalue weighted by Gasteiger charge is 2.16. The number of carbonyl (C=O) groups excluding carboxylic acids is 2. The Morgan fingerprint density at radius 2 is 1.73 bits per heavy atom. The maximum Gasteiger partial charge on any atom is 0.224 e. The second-order valence-corrected chi connectivity index (χ2v) is 7.80. The number of likely N-dealkylation sites (N-methyl/N-ethyl adjacent to an activating group) is 1. The van der Waals surface area contributed by atoms with E-state index in [0.29, 0.717) is 5.69 Å². The fraction of sp³-hybridized carbons (Fsp3) is 0.435. The molecule has 0 saturated carbocycles. The van der Waals surface area contributed by atoms with E-state index < -0.39 is 0 Å². The van der Waals surface area contributed by atoms with Crippen molar-refractivity contribution in [2.75, 3.05) is 48.8 Å². The molecule has 2 amide bonds. The van der Waals surface area contributed by atoms with Crippen molar-refractivity contribution in [3.05, 3.63) is 47.7 Å². The Morgan fingerprint density at radius 3 is 2.40 bits per heavy atom. The SMILES string of the molecule is CCc1cccc(NC(=O)CCC(=O)Nc2cnc(N3CCN(C)CC3)cc2C)c1. The zero-order valence-electron chi connectivity index (χ0n) is 18.1. The molecule has 1 aliphatic rings. The largest absolute Gasteiger partial charge is 0.354 e. The van der Waals surface area contributed by atoms with Gasteiger partial charge in [-0.2, -0.15) is 0 Å². The molecule has 0 aliphatic carbocycles. The third kappa shape index (κ3) is 6.03. The minimum Gasteiger partial charge on any atom is -0.354 e. The lowest BCUT2D eigenvalue weighted by atomic mass is 10.1. The molecule has 2 aromatic rings. The van der Waals surface area contributed by atoms with Crippen molar-refractivity contribution in [1.82, 2.24) is 9.88 Å². The molecule has 1 fully saturated rings. The molecule has 0 spiro atoms. The summed E-state index contributed by atoms with van der Waals surface area (Å²) in [5, 5.41) is 5.73. The zero-order valence-corrected chi connectivity index (χ0v) is 18.1. The Kier molecular flexibility index (Phi) is 7.41. The van der Waals surface area contributed by atoms with Gasteiger partial charge in [0.1, 0.15) is 5.82 Å². The van der Waals surface area contributed by atoms with Gasteiger partial charge in [0, 0.05) is 44.7 Å². The van der Waals surface area contributed by atoms with E-state index in [0.717, 1.165) is 55.2 Å². The Morgan fingerprint density at radius 1 is 1.03 bits per heavy atom. The third-order valence-electron chi connectivity index (χ3n) is 5.40. The summed E-state index contributed by atoms with van der Waals surface area (Å²) in [6, 6.07) is 9.76. The van der Waals surface area contributed by atoms with Crippen molar-refractivity contribution in [1.29, 1.82) is 0 Å². The van der Waals surface area contributed by atoms with Crippen molar-refractivity contribution in [2.24, 2.45) is 0 Å². The number of benzene rings is 1. The van der Waals surface area contributed by atoms with E-state index in [1.165, 1.54) is 0 Å². The molecule has 0 radical (unpaired) electrons. The fourth-order valence-corrected chi connectivity index (χ4v) is 3.41. The fourth-order valence-electron chi connectivity index (χ4n) is 3.41. The number of carbonyl (C=O) groups is 2. The number of aromatic nitrogens is 1. The van der Waals surface area contributed by atoms with Crippen LogP contribution in [0.1, 0.15) is 30.9 Å². The first kappa shape index (κ1) is 21.8. The number of pyridine rings is 1. The van der Waals surface area contributed by atoms with E-state index >= 15 is 0 Å². The Bertz CT molecular complexity index is 891. The molecule has 3 rings (SSSR count). The standard InChI is InChI=1S/C23H31N5O2/c1-4-18-6-5-7-19(15-18)25-22(29)8-9-23(30)26-20-16-24-21(14-17(20)2)28-12-10-27(3)11-13-28/h5-7,14-16H,4,8-13H2,1-3H3,(H,25,29)(H,26,30). The van der Waals surface area contributed by atoms with Gasteiger partial charge >= 0.3 is 0 Å². The summed E-state index contributed by atoms with van der Waals surface area (Å²) in [5.74, 6) is 0.579. The highest BCUT2D eigenvalue weighted by Crippen LogP contribution is 2.21. The Hall–Kier alpha value is -2.93. The van der Waals surface area contributed by atoms with Crippen molar-refractivity contribution < 1.29 is 9.59 Å². The molecule has 1 aromatic carbocycles. The first-order chi connectivity index (χ1) is 14.4. The number of amides is 2. The van der Waals surface area contributed by atoms with Crippen molar-refractivity contribution in [2.45, 2.75) is 33.1 Å². The van der Waals surface area contributed by atoms with Crippen LogP contribution in [0.3, 0.4) is 0 Å². The number of anilines is 3. The monoisotopic (exact) mass is 409 g/mol. The topological polar surface area (TPSA) is 77.6 Å². The van der Waals surface area contributed by atoms with E-state index in [-0.39, 0.29) is 24.7 Å². The number of rotatable bonds is 7. The maximum atomic E-state index is 12.3. The highest BCUT2D eigenvalue weighted by atomic mass is 16.2. The molecule has 0 atom stereocenters. The van der Waals surface area contributed by atoms with Gasteiger partial charge in [0.25, 0.3) is 0 Å². The number of nitrogens with zero attached hydrogens (tertiary/aromatic N) is 3. The minimum atomic E-state index is -0.190. The van der Waals surface area contributed by atoms with Crippen LogP contribution in [0.5, 0.6) is 0 Å². The van der Waals surface area contributed by atoms with Gasteiger partial charge in [-0.3, -0.25) is 9.59 Å². The molecule has 30 heavy (non-hydrogen) atoms. The molecule has 7 nitrogen and oxygen atoms in total. The van der Waals surface area contributed by atoms with Crippen LogP contribution in [-0.4, -0.2) is 54.9 Å². The average Bonchev–Trinajstić information content (AvgIpc) is 2.74. The molecule has 0 bridgehead atoms. The summed E-state index contributed by atoms with van der Waals surface area (Å²) in [4.78, 5) is 33.6. The van der Waals surface area contributed by atoms with Crippen LogP contribution in [0.15, 0.2) is 36.5 Å². The summed E-state index contributed by atoms with van der Waals surface area (Å²) < 4.78 is 0. The quantitative estimate of drug-likeness (QED) is 0.735. The lowest BCUT2D eigenvalue weighted by molar-refractivity contribution is -0.121. The molecule has 1 saturated heterocycles. The number of aryl methyl sites for hydroxylation is 2. The predicted molar refractivity (Wildman–Crippen MR) is 121 cm³/mol. The van der Waals surface area contributed by atoms with Crippen LogP contribution in [-0.2, 0) is 16.0 Å². The summed E-state index contributed by atoms with van der Waals surface area (Å²) in [7, 11) is 2.12. The third-order valence-corrected chi connectivity index (χ3v) is 5.40. The molecular formula is C23H31N5O2. The van der Waals surface area contributed by atoms with E-state index in [2.05, 4.69) is 39.4 Å². The molecular weight excluding hydrogens is 378 g/mol. The van der Waals surface area contributed by atoms with Crippen LogP contribution in [0.4, 0.5) is 17.2 Å². The molecule has 0 unspecified atom stereocenters. The summed E-state index contributed by atoms with van der Waals surface area (Å²) in [5.41, 5.74) is 3.58. The smallest absolute Gasteiger partial charge is 0.224 e. The zero-order chi connectivity index (χ0) is 21.5. The molecule has 1 aromatic heterocycles. The van der Waals surface area contributed by atoms with Crippen LogP contribution in [0.2, 0.25) is 0 Å². The van der Waals surface area contributed by atoms with Crippen molar-refractivity contribution >= 4 is 29.0 Å². The second-order valence-electron chi connectivity index (χ2n) is 7.80. The lowest BCUT2D eigenvalue weighted by Crippen LogP contribution is -2.44.